The Hall–Kier alpha value is -1.27. The number of ether oxygens (including phenoxy) is 1. The molecule has 0 aliphatic heterocycles. The van der Waals surface area contributed by atoms with E-state index in [4.69, 9.17) is 32.1 Å². The van der Waals surface area contributed by atoms with E-state index in [-0.39, 0.29) is 19.1 Å². The van der Waals surface area contributed by atoms with E-state index in [0.29, 0.717) is 15.8 Å². The molecule has 0 heterocycles. The van der Waals surface area contributed by atoms with E-state index in [2.05, 4.69) is 0 Å². The first kappa shape index (κ1) is 18.1. The van der Waals surface area contributed by atoms with Crippen LogP contribution in [0.2, 0.25) is 10.0 Å². The average molecular weight is 375 g/mol. The van der Waals surface area contributed by atoms with E-state index in [1.165, 1.54) is 0 Å². The average Bonchev–Trinajstić information content (AvgIpc) is 2.49. The molecule has 23 heavy (non-hydrogen) atoms. The third-order valence-electron chi connectivity index (χ3n) is 3.09. The summed E-state index contributed by atoms with van der Waals surface area (Å²) in [6, 6.07) is 14.1. The molecule has 0 aromatic heterocycles. The van der Waals surface area contributed by atoms with Gasteiger partial charge in [0, 0.05) is 16.0 Å². The molecule has 7 heteroatoms. The quantitative estimate of drug-likeness (QED) is 0.683. The smallest absolute Gasteiger partial charge is 0.264 e. The van der Waals surface area contributed by atoms with Crippen molar-refractivity contribution in [2.45, 2.75) is 5.92 Å². The molecule has 0 spiro atoms. The summed E-state index contributed by atoms with van der Waals surface area (Å²) >= 11 is 11.7. The zero-order valence-corrected chi connectivity index (χ0v) is 14.7. The summed E-state index contributed by atoms with van der Waals surface area (Å²) in [7, 11) is -3.52. The van der Waals surface area contributed by atoms with Gasteiger partial charge in [-0.15, -0.1) is 0 Å². The Kier molecular flexibility index (Phi) is 6.30. The van der Waals surface area contributed by atoms with Crippen molar-refractivity contribution in [2.24, 2.45) is 0 Å². The van der Waals surface area contributed by atoms with Gasteiger partial charge in [0.25, 0.3) is 10.1 Å². The fourth-order valence-corrected chi connectivity index (χ4v) is 2.57. The van der Waals surface area contributed by atoms with Crippen LogP contribution >= 0.6 is 23.2 Å². The first-order valence-corrected chi connectivity index (χ1v) is 9.39. The highest BCUT2D eigenvalue weighted by Gasteiger charge is 2.16. The van der Waals surface area contributed by atoms with Crippen LogP contribution in [0.25, 0.3) is 0 Å². The summed E-state index contributed by atoms with van der Waals surface area (Å²) in [6.45, 7) is 0.257. The van der Waals surface area contributed by atoms with E-state index < -0.39 is 10.1 Å². The molecule has 2 rings (SSSR count). The van der Waals surface area contributed by atoms with Crippen molar-refractivity contribution in [1.29, 1.82) is 0 Å². The monoisotopic (exact) mass is 374 g/mol. The van der Waals surface area contributed by atoms with Crippen molar-refractivity contribution < 1.29 is 17.3 Å². The van der Waals surface area contributed by atoms with Crippen LogP contribution < -0.4 is 4.74 Å². The number of benzene rings is 2. The number of rotatable bonds is 7. The maximum Gasteiger partial charge on any atom is 0.264 e. The SMILES string of the molecule is CS(=O)(=O)OC[C@H](COc1ccc(Cl)cc1)c1ccc(Cl)cc1. The fourth-order valence-electron chi connectivity index (χ4n) is 1.91. The molecule has 0 radical (unpaired) electrons. The number of hydrogen-bond acceptors (Lipinski definition) is 4. The molecule has 0 aliphatic rings. The Bertz CT molecular complexity index is 728. The number of halogens is 2. The van der Waals surface area contributed by atoms with Gasteiger partial charge in [-0.25, -0.2) is 0 Å². The van der Waals surface area contributed by atoms with Crippen molar-refractivity contribution in [3.8, 4) is 5.75 Å². The van der Waals surface area contributed by atoms with Gasteiger partial charge in [0.15, 0.2) is 0 Å². The summed E-state index contributed by atoms with van der Waals surface area (Å²) in [5, 5.41) is 1.22. The predicted molar refractivity (Wildman–Crippen MR) is 91.9 cm³/mol. The van der Waals surface area contributed by atoms with Crippen molar-refractivity contribution in [1.82, 2.24) is 0 Å². The van der Waals surface area contributed by atoms with Crippen LogP contribution in [-0.4, -0.2) is 27.9 Å². The molecule has 0 bridgehead atoms. The molecular formula is C16H16Cl2O4S. The first-order chi connectivity index (χ1) is 10.8. The summed E-state index contributed by atoms with van der Waals surface area (Å²) in [6.07, 6.45) is 1.02. The highest BCUT2D eigenvalue weighted by Crippen LogP contribution is 2.22. The van der Waals surface area contributed by atoms with Crippen LogP contribution in [0.3, 0.4) is 0 Å². The summed E-state index contributed by atoms with van der Waals surface area (Å²) in [5.74, 6) is 0.394. The molecule has 0 aliphatic carbocycles. The molecule has 0 unspecified atom stereocenters. The van der Waals surface area contributed by atoms with E-state index in [1.807, 2.05) is 12.1 Å². The van der Waals surface area contributed by atoms with Crippen LogP contribution in [0.5, 0.6) is 5.75 Å². The lowest BCUT2D eigenvalue weighted by Gasteiger charge is -2.18. The van der Waals surface area contributed by atoms with Crippen molar-refractivity contribution in [3.63, 3.8) is 0 Å². The molecule has 0 saturated carbocycles. The Balaban J connectivity index is 2.09. The summed E-state index contributed by atoms with van der Waals surface area (Å²) in [5.41, 5.74) is 0.881. The van der Waals surface area contributed by atoms with E-state index in [1.54, 1.807) is 36.4 Å². The van der Waals surface area contributed by atoms with Gasteiger partial charge in [-0.1, -0.05) is 35.3 Å². The van der Waals surface area contributed by atoms with Gasteiger partial charge in [0.05, 0.1) is 19.5 Å². The van der Waals surface area contributed by atoms with Crippen LogP contribution in [0, 0.1) is 0 Å². The van der Waals surface area contributed by atoms with Crippen LogP contribution in [-0.2, 0) is 14.3 Å². The van der Waals surface area contributed by atoms with E-state index in [9.17, 15) is 8.42 Å². The third kappa shape index (κ3) is 6.39. The van der Waals surface area contributed by atoms with Crippen LogP contribution in [0.1, 0.15) is 11.5 Å². The van der Waals surface area contributed by atoms with E-state index >= 15 is 0 Å². The molecule has 4 nitrogen and oxygen atoms in total. The second-order valence-corrected chi connectivity index (χ2v) is 7.52. The molecule has 2 aromatic carbocycles. The minimum Gasteiger partial charge on any atom is -0.493 e. The molecule has 2 aromatic rings. The van der Waals surface area contributed by atoms with Gasteiger partial charge in [-0.3, -0.25) is 4.18 Å². The highest BCUT2D eigenvalue weighted by atomic mass is 35.5. The molecule has 0 saturated heterocycles. The zero-order valence-electron chi connectivity index (χ0n) is 12.4. The van der Waals surface area contributed by atoms with Gasteiger partial charge in [-0.2, -0.15) is 8.42 Å². The lowest BCUT2D eigenvalue weighted by atomic mass is 10.0. The van der Waals surface area contributed by atoms with Crippen LogP contribution in [0.15, 0.2) is 48.5 Å². The lowest BCUT2D eigenvalue weighted by Crippen LogP contribution is -2.18. The van der Waals surface area contributed by atoms with Gasteiger partial charge in [0.2, 0.25) is 0 Å². The Labute approximate surface area is 146 Å². The zero-order chi connectivity index (χ0) is 16.9. The van der Waals surface area contributed by atoms with Crippen molar-refractivity contribution in [2.75, 3.05) is 19.5 Å². The number of hydrogen-bond donors (Lipinski definition) is 0. The van der Waals surface area contributed by atoms with Gasteiger partial charge >= 0.3 is 0 Å². The normalized spacial score (nSPS) is 12.8. The second-order valence-electron chi connectivity index (χ2n) is 5.00. The second kappa shape index (κ2) is 8.02. The molecule has 0 N–H and O–H groups in total. The standard InChI is InChI=1S/C16H16Cl2O4S/c1-23(19,20)22-11-13(12-2-4-14(17)5-3-12)10-21-16-8-6-15(18)7-9-16/h2-9,13H,10-11H2,1H3/t13-/m0/s1. The predicted octanol–water partition coefficient (Wildman–Crippen LogP) is 4.13. The van der Waals surface area contributed by atoms with Crippen molar-refractivity contribution in [3.05, 3.63) is 64.1 Å². The maximum atomic E-state index is 11.2. The van der Waals surface area contributed by atoms with Gasteiger partial charge in [-0.05, 0) is 42.0 Å². The fraction of sp³-hybridized carbons (Fsp3) is 0.250. The Morgan fingerprint density at radius 3 is 1.96 bits per heavy atom. The van der Waals surface area contributed by atoms with Crippen molar-refractivity contribution >= 4 is 33.3 Å². The summed E-state index contributed by atoms with van der Waals surface area (Å²) < 4.78 is 33.1. The Morgan fingerprint density at radius 2 is 1.43 bits per heavy atom. The minimum atomic E-state index is -3.52. The van der Waals surface area contributed by atoms with Gasteiger partial charge in [0.1, 0.15) is 5.75 Å². The molecular weight excluding hydrogens is 359 g/mol. The highest BCUT2D eigenvalue weighted by molar-refractivity contribution is 7.85. The third-order valence-corrected chi connectivity index (χ3v) is 4.16. The topological polar surface area (TPSA) is 52.6 Å². The summed E-state index contributed by atoms with van der Waals surface area (Å²) in [4.78, 5) is 0. The molecule has 0 fully saturated rings. The lowest BCUT2D eigenvalue weighted by molar-refractivity contribution is 0.223. The minimum absolute atomic E-state index is 0.00590. The Morgan fingerprint density at radius 1 is 0.913 bits per heavy atom. The molecule has 124 valence electrons. The van der Waals surface area contributed by atoms with E-state index in [0.717, 1.165) is 11.8 Å². The van der Waals surface area contributed by atoms with Gasteiger partial charge < -0.3 is 4.74 Å². The molecule has 1 atom stereocenters. The van der Waals surface area contributed by atoms with Crippen LogP contribution in [0.4, 0.5) is 0 Å². The largest absolute Gasteiger partial charge is 0.493 e. The maximum absolute atomic E-state index is 11.2. The first-order valence-electron chi connectivity index (χ1n) is 6.82. The molecule has 0 amide bonds.